The average Bonchev–Trinajstić information content (AvgIpc) is 3.40. The topological polar surface area (TPSA) is 83.1 Å². The lowest BCUT2D eigenvalue weighted by Crippen LogP contribution is -2.39. The molecule has 39 heavy (non-hydrogen) atoms. The van der Waals surface area contributed by atoms with Crippen LogP contribution in [0.15, 0.2) is 83.8 Å². The van der Waals surface area contributed by atoms with Crippen LogP contribution in [0.2, 0.25) is 0 Å². The number of morpholine rings is 1. The molecule has 0 N–H and O–H groups in total. The molecule has 0 spiro atoms. The summed E-state index contributed by atoms with van der Waals surface area (Å²) in [6, 6.07) is 23.5. The van der Waals surface area contributed by atoms with E-state index < -0.39 is 10.0 Å². The lowest BCUT2D eigenvalue weighted by molar-refractivity contribution is 0.0376. The highest BCUT2D eigenvalue weighted by molar-refractivity contribution is 7.89. The molecule has 0 saturated carbocycles. The highest BCUT2D eigenvalue weighted by Crippen LogP contribution is 2.30. The highest BCUT2D eigenvalue weighted by Gasteiger charge is 2.24. The van der Waals surface area contributed by atoms with Crippen LogP contribution < -0.4 is 4.90 Å². The van der Waals surface area contributed by atoms with Gasteiger partial charge in [-0.3, -0.25) is 14.6 Å². The number of hydrogen-bond donors (Lipinski definition) is 0. The molecule has 0 atom stereocenters. The van der Waals surface area contributed by atoms with Gasteiger partial charge in [-0.05, 0) is 48.4 Å². The van der Waals surface area contributed by atoms with Gasteiger partial charge in [0.05, 0.1) is 28.3 Å². The Labute approximate surface area is 233 Å². The lowest BCUT2D eigenvalue weighted by atomic mass is 10.2. The molecule has 0 unspecified atom stereocenters. The molecule has 1 saturated heterocycles. The Morgan fingerprint density at radius 3 is 2.38 bits per heavy atom. The number of aromatic nitrogens is 1. The number of rotatable bonds is 10. The van der Waals surface area contributed by atoms with Crippen molar-refractivity contribution in [3.05, 3.63) is 90.0 Å². The predicted molar refractivity (Wildman–Crippen MR) is 155 cm³/mol. The fourth-order valence-electron chi connectivity index (χ4n) is 4.57. The Bertz CT molecular complexity index is 1470. The number of nitrogens with zero attached hydrogens (tertiary/aromatic N) is 4. The number of para-hydroxylation sites is 1. The minimum Gasteiger partial charge on any atom is -0.379 e. The average molecular weight is 565 g/mol. The van der Waals surface area contributed by atoms with E-state index in [1.807, 2.05) is 54.6 Å². The number of thiazole rings is 1. The molecule has 1 aliphatic rings. The first kappa shape index (κ1) is 27.4. The molecule has 1 amide bonds. The quantitative estimate of drug-likeness (QED) is 0.282. The van der Waals surface area contributed by atoms with Crippen molar-refractivity contribution in [1.29, 1.82) is 0 Å². The molecule has 8 nitrogen and oxygen atoms in total. The van der Waals surface area contributed by atoms with Gasteiger partial charge in [0.15, 0.2) is 5.13 Å². The molecule has 0 radical (unpaired) electrons. The second kappa shape index (κ2) is 12.4. The van der Waals surface area contributed by atoms with Gasteiger partial charge in [-0.2, -0.15) is 4.31 Å². The van der Waals surface area contributed by atoms with Crippen LogP contribution in [0.1, 0.15) is 22.3 Å². The van der Waals surface area contributed by atoms with Crippen molar-refractivity contribution >= 4 is 42.6 Å². The minimum atomic E-state index is -3.71. The molecule has 0 aliphatic carbocycles. The number of ether oxygens (including phenoxy) is 1. The van der Waals surface area contributed by atoms with Gasteiger partial charge in [0.25, 0.3) is 5.91 Å². The van der Waals surface area contributed by atoms with Crippen molar-refractivity contribution < 1.29 is 17.9 Å². The number of amides is 1. The van der Waals surface area contributed by atoms with Crippen molar-refractivity contribution in [3.63, 3.8) is 0 Å². The number of fused-ring (bicyclic) bond motifs is 1. The molecule has 10 heteroatoms. The van der Waals surface area contributed by atoms with Crippen molar-refractivity contribution in [1.82, 2.24) is 14.2 Å². The fourth-order valence-corrected chi connectivity index (χ4v) is 6.72. The summed E-state index contributed by atoms with van der Waals surface area (Å²) < 4.78 is 34.1. The standard InChI is InChI=1S/C29H32N4O4S2/c1-31(22-23-8-3-2-4-9-23)39(35,36)25-14-12-24(13-15-25)28(34)33(17-7-16-32-18-20-37-21-19-32)29-30-26-10-5-6-11-27(26)38-29/h2-6,8-15H,7,16-22H2,1H3. The van der Waals surface area contributed by atoms with Crippen LogP contribution in [0, 0.1) is 0 Å². The van der Waals surface area contributed by atoms with Gasteiger partial charge < -0.3 is 4.74 Å². The zero-order chi connectivity index (χ0) is 27.2. The predicted octanol–water partition coefficient (Wildman–Crippen LogP) is 4.49. The van der Waals surface area contributed by atoms with Gasteiger partial charge >= 0.3 is 0 Å². The van der Waals surface area contributed by atoms with E-state index >= 15 is 0 Å². The van der Waals surface area contributed by atoms with Crippen LogP contribution in [0.5, 0.6) is 0 Å². The Morgan fingerprint density at radius 1 is 0.974 bits per heavy atom. The molecular weight excluding hydrogens is 532 g/mol. The maximum atomic E-state index is 13.7. The second-order valence-electron chi connectivity index (χ2n) is 9.50. The smallest absolute Gasteiger partial charge is 0.260 e. The SMILES string of the molecule is CN(Cc1ccccc1)S(=O)(=O)c1ccc(C(=O)N(CCCN2CCOCC2)c2nc3ccccc3s2)cc1. The Morgan fingerprint density at radius 2 is 1.67 bits per heavy atom. The molecule has 4 aromatic rings. The van der Waals surface area contributed by atoms with E-state index in [1.54, 1.807) is 24.1 Å². The number of hydrogen-bond acceptors (Lipinski definition) is 7. The largest absolute Gasteiger partial charge is 0.379 e. The maximum absolute atomic E-state index is 13.7. The summed E-state index contributed by atoms with van der Waals surface area (Å²) >= 11 is 1.48. The Hall–Kier alpha value is -3.15. The first-order valence-electron chi connectivity index (χ1n) is 13.0. The van der Waals surface area contributed by atoms with Crippen LogP contribution in [0.3, 0.4) is 0 Å². The van der Waals surface area contributed by atoms with E-state index in [0.29, 0.717) is 17.2 Å². The molecule has 1 fully saturated rings. The number of carbonyl (C=O) groups is 1. The van der Waals surface area contributed by atoms with Crippen molar-refractivity contribution in [2.75, 3.05) is 51.3 Å². The normalized spacial score (nSPS) is 14.6. The van der Waals surface area contributed by atoms with Crippen molar-refractivity contribution in [2.24, 2.45) is 0 Å². The third-order valence-electron chi connectivity index (χ3n) is 6.78. The summed E-state index contributed by atoms with van der Waals surface area (Å²) in [6.07, 6.45) is 0.790. The first-order chi connectivity index (χ1) is 18.9. The maximum Gasteiger partial charge on any atom is 0.260 e. The second-order valence-corrected chi connectivity index (χ2v) is 12.6. The van der Waals surface area contributed by atoms with Crippen LogP contribution in [0.25, 0.3) is 10.2 Å². The van der Waals surface area contributed by atoms with E-state index in [4.69, 9.17) is 9.72 Å². The molecule has 3 aromatic carbocycles. The number of carbonyl (C=O) groups excluding carboxylic acids is 1. The Kier molecular flexibility index (Phi) is 8.69. The molecule has 1 aromatic heterocycles. The fraction of sp³-hybridized carbons (Fsp3) is 0.310. The highest BCUT2D eigenvalue weighted by atomic mass is 32.2. The van der Waals surface area contributed by atoms with Crippen LogP contribution >= 0.6 is 11.3 Å². The third-order valence-corrected chi connectivity index (χ3v) is 9.65. The lowest BCUT2D eigenvalue weighted by Gasteiger charge is -2.27. The summed E-state index contributed by atoms with van der Waals surface area (Å²) in [7, 11) is -2.15. The van der Waals surface area contributed by atoms with Crippen molar-refractivity contribution in [2.45, 2.75) is 17.9 Å². The van der Waals surface area contributed by atoms with Gasteiger partial charge in [-0.25, -0.2) is 13.4 Å². The van der Waals surface area contributed by atoms with Crippen molar-refractivity contribution in [3.8, 4) is 0 Å². The van der Waals surface area contributed by atoms with E-state index in [1.165, 1.54) is 27.8 Å². The minimum absolute atomic E-state index is 0.149. The van der Waals surface area contributed by atoms with E-state index in [0.717, 1.165) is 55.0 Å². The summed E-state index contributed by atoms with van der Waals surface area (Å²) in [5.74, 6) is -0.197. The van der Waals surface area contributed by atoms with E-state index in [9.17, 15) is 13.2 Å². The summed E-state index contributed by atoms with van der Waals surface area (Å²) in [5.41, 5.74) is 2.18. The summed E-state index contributed by atoms with van der Waals surface area (Å²) in [6.45, 7) is 4.89. The monoisotopic (exact) mass is 564 g/mol. The first-order valence-corrected chi connectivity index (χ1v) is 15.3. The molecule has 0 bridgehead atoms. The molecule has 1 aliphatic heterocycles. The molecule has 5 rings (SSSR count). The van der Waals surface area contributed by atoms with E-state index in [2.05, 4.69) is 4.90 Å². The zero-order valence-corrected chi connectivity index (χ0v) is 23.5. The van der Waals surface area contributed by atoms with Crippen LogP contribution in [0.4, 0.5) is 5.13 Å². The van der Waals surface area contributed by atoms with Gasteiger partial charge in [-0.15, -0.1) is 0 Å². The van der Waals surface area contributed by atoms with Gasteiger partial charge in [0, 0.05) is 45.3 Å². The summed E-state index contributed by atoms with van der Waals surface area (Å²) in [4.78, 5) is 22.7. The Balaban J connectivity index is 1.34. The third kappa shape index (κ3) is 6.54. The molecular formula is C29H32N4O4S2. The zero-order valence-electron chi connectivity index (χ0n) is 21.9. The van der Waals surface area contributed by atoms with Gasteiger partial charge in [0.1, 0.15) is 0 Å². The number of benzene rings is 3. The summed E-state index contributed by atoms with van der Waals surface area (Å²) in [5, 5.41) is 0.641. The number of sulfonamides is 1. The van der Waals surface area contributed by atoms with Crippen LogP contribution in [-0.4, -0.2) is 75.0 Å². The molecule has 2 heterocycles. The van der Waals surface area contributed by atoms with Crippen LogP contribution in [-0.2, 0) is 21.3 Å². The van der Waals surface area contributed by atoms with Gasteiger partial charge in [-0.1, -0.05) is 53.8 Å². The van der Waals surface area contributed by atoms with E-state index in [-0.39, 0.29) is 17.3 Å². The van der Waals surface area contributed by atoms with Gasteiger partial charge in [0.2, 0.25) is 10.0 Å². The molecule has 204 valence electrons. The number of anilines is 1.